The van der Waals surface area contributed by atoms with Gasteiger partial charge in [0.05, 0.1) is 44.9 Å². The molecule has 0 aliphatic rings. The lowest BCUT2D eigenvalue weighted by molar-refractivity contribution is -0.500. The first-order chi connectivity index (χ1) is 16.3. The first kappa shape index (κ1) is 25.7. The van der Waals surface area contributed by atoms with Crippen LogP contribution in [0.25, 0.3) is 0 Å². The molecule has 0 fully saturated rings. The summed E-state index contributed by atoms with van der Waals surface area (Å²) in [6.45, 7) is -1.37. The number of nitro groups is 6. The fraction of sp³-hybridized carbons (Fsp3) is 0.200. The zero-order valence-electron chi connectivity index (χ0n) is 17.1. The molecule has 20 heteroatoms. The number of hydrogen-bond acceptors (Lipinski definition) is 12. The van der Waals surface area contributed by atoms with E-state index >= 15 is 0 Å². The maximum atomic E-state index is 11.5. The molecule has 0 aromatic heterocycles. The average Bonchev–Trinajstić information content (AvgIpc) is 2.77. The second-order valence-corrected chi connectivity index (χ2v) is 6.45. The second-order valence-electron chi connectivity index (χ2n) is 6.45. The highest BCUT2D eigenvalue weighted by atomic mass is 16.7. The van der Waals surface area contributed by atoms with Crippen molar-refractivity contribution in [2.75, 3.05) is 23.1 Å². The molecule has 184 valence electrons. The van der Waals surface area contributed by atoms with E-state index in [0.29, 0.717) is 12.1 Å². The van der Waals surface area contributed by atoms with E-state index in [-0.39, 0.29) is 10.0 Å². The predicted octanol–water partition coefficient (Wildman–Crippen LogP) is 2.41. The van der Waals surface area contributed by atoms with Gasteiger partial charge in [0.2, 0.25) is 0 Å². The number of hydrazine groups is 2. The zero-order valence-corrected chi connectivity index (χ0v) is 17.1. The molecule has 0 heterocycles. The lowest BCUT2D eigenvalue weighted by atomic mass is 10.2. The maximum absolute atomic E-state index is 11.5. The van der Waals surface area contributed by atoms with E-state index in [9.17, 15) is 60.7 Å². The van der Waals surface area contributed by atoms with Crippen LogP contribution in [0.15, 0.2) is 36.4 Å². The van der Waals surface area contributed by atoms with Crippen LogP contribution in [0.5, 0.6) is 0 Å². The Balaban J connectivity index is 2.35. The molecule has 0 atom stereocenters. The van der Waals surface area contributed by atoms with E-state index in [1.165, 1.54) is 0 Å². The molecule has 0 saturated carbocycles. The van der Waals surface area contributed by atoms with Crippen LogP contribution < -0.4 is 10.0 Å². The first-order valence-corrected chi connectivity index (χ1v) is 9.04. The third-order valence-corrected chi connectivity index (χ3v) is 4.42. The SMILES string of the molecule is O=[N+]([O-])c1ccc(N(CCCN(c2ccc([N+](=O)[O-])cc2[N+](=O)[O-])[N+](=O)[O-])[N+](=O)[O-])c([N+](=O)[O-])c1. The smallest absolute Gasteiger partial charge is 0.258 e. The number of nitro benzene ring substituents is 4. The molecule has 35 heavy (non-hydrogen) atoms. The fourth-order valence-corrected chi connectivity index (χ4v) is 2.93. The normalized spacial score (nSPS) is 10.3. The minimum absolute atomic E-state index is 0.240. The van der Waals surface area contributed by atoms with Crippen LogP contribution >= 0.6 is 0 Å². The van der Waals surface area contributed by atoms with Crippen molar-refractivity contribution in [3.8, 4) is 0 Å². The number of rotatable bonds is 12. The Hall–Kier alpha value is -5.56. The highest BCUT2D eigenvalue weighted by Gasteiger charge is 2.32. The molecule has 2 rings (SSSR count). The van der Waals surface area contributed by atoms with Gasteiger partial charge < -0.3 is 0 Å². The third kappa shape index (κ3) is 5.82. The van der Waals surface area contributed by atoms with Gasteiger partial charge in [-0.2, -0.15) is 0 Å². The molecule has 0 N–H and O–H groups in total. The molecule has 0 amide bonds. The van der Waals surface area contributed by atoms with E-state index < -0.39 is 83.4 Å². The Morgan fingerprint density at radius 1 is 0.543 bits per heavy atom. The number of benzene rings is 2. The number of hydrogen-bond donors (Lipinski definition) is 0. The van der Waals surface area contributed by atoms with Gasteiger partial charge in [0.15, 0.2) is 21.4 Å². The summed E-state index contributed by atoms with van der Waals surface area (Å²) in [5, 5.41) is 65.6. The molecular formula is C15H12N8O12. The Morgan fingerprint density at radius 2 is 0.886 bits per heavy atom. The van der Waals surface area contributed by atoms with Gasteiger partial charge in [-0.05, 0) is 18.6 Å². The van der Waals surface area contributed by atoms with E-state index in [1.807, 2.05) is 0 Å². The molecule has 0 aliphatic heterocycles. The summed E-state index contributed by atoms with van der Waals surface area (Å²) in [7, 11) is 0. The topological polar surface area (TPSA) is 265 Å². The van der Waals surface area contributed by atoms with Gasteiger partial charge in [-0.3, -0.25) is 40.5 Å². The quantitative estimate of drug-likeness (QED) is 0.301. The first-order valence-electron chi connectivity index (χ1n) is 9.04. The molecule has 2 aromatic carbocycles. The second kappa shape index (κ2) is 10.4. The van der Waals surface area contributed by atoms with Crippen molar-refractivity contribution >= 4 is 34.1 Å². The molecule has 0 bridgehead atoms. The van der Waals surface area contributed by atoms with Crippen molar-refractivity contribution in [2.24, 2.45) is 0 Å². The van der Waals surface area contributed by atoms with Crippen LogP contribution in [0, 0.1) is 60.7 Å². The highest BCUT2D eigenvalue weighted by molar-refractivity contribution is 5.66. The number of non-ortho nitro benzene ring substituents is 2. The van der Waals surface area contributed by atoms with Gasteiger partial charge in [0.25, 0.3) is 11.4 Å². The van der Waals surface area contributed by atoms with E-state index in [2.05, 4.69) is 0 Å². The van der Waals surface area contributed by atoms with Crippen LogP contribution in [0.2, 0.25) is 0 Å². The van der Waals surface area contributed by atoms with Crippen LogP contribution in [-0.2, 0) is 0 Å². The molecule has 0 radical (unpaired) electrons. The van der Waals surface area contributed by atoms with Crippen LogP contribution in [-0.4, -0.2) is 42.8 Å². The monoisotopic (exact) mass is 496 g/mol. The lowest BCUT2D eigenvalue weighted by Gasteiger charge is -2.17. The van der Waals surface area contributed by atoms with Crippen molar-refractivity contribution in [3.05, 3.63) is 97.1 Å². The van der Waals surface area contributed by atoms with Crippen molar-refractivity contribution < 1.29 is 29.8 Å². The molecule has 0 spiro atoms. The van der Waals surface area contributed by atoms with E-state index in [1.54, 1.807) is 0 Å². The van der Waals surface area contributed by atoms with E-state index in [0.717, 1.165) is 24.3 Å². The van der Waals surface area contributed by atoms with Gasteiger partial charge in [-0.15, -0.1) is 0 Å². The Labute approximate surface area is 191 Å². The summed E-state index contributed by atoms with van der Waals surface area (Å²) < 4.78 is 0. The summed E-state index contributed by atoms with van der Waals surface area (Å²) in [5.41, 5.74) is -4.61. The number of nitrogens with zero attached hydrogens (tertiary/aromatic N) is 8. The molecular weight excluding hydrogens is 484 g/mol. The maximum Gasteiger partial charge on any atom is 0.305 e. The Bertz CT molecular complexity index is 1140. The fourth-order valence-electron chi connectivity index (χ4n) is 2.93. The van der Waals surface area contributed by atoms with Crippen LogP contribution in [0.1, 0.15) is 6.42 Å². The predicted molar refractivity (Wildman–Crippen MR) is 113 cm³/mol. The molecule has 0 unspecified atom stereocenters. The molecule has 0 saturated heterocycles. The molecule has 2 aromatic rings. The summed E-state index contributed by atoms with van der Waals surface area (Å²) in [6.07, 6.45) is -0.454. The summed E-state index contributed by atoms with van der Waals surface area (Å²) in [4.78, 5) is 63.2. The van der Waals surface area contributed by atoms with Gasteiger partial charge in [-0.25, -0.2) is 20.2 Å². The van der Waals surface area contributed by atoms with Crippen molar-refractivity contribution in [1.29, 1.82) is 0 Å². The van der Waals surface area contributed by atoms with E-state index in [4.69, 9.17) is 0 Å². The number of anilines is 2. The van der Waals surface area contributed by atoms with Crippen LogP contribution in [0.4, 0.5) is 34.1 Å². The van der Waals surface area contributed by atoms with Gasteiger partial charge in [0.1, 0.15) is 0 Å². The van der Waals surface area contributed by atoms with Gasteiger partial charge in [0, 0.05) is 12.1 Å². The Morgan fingerprint density at radius 3 is 1.14 bits per heavy atom. The van der Waals surface area contributed by atoms with Gasteiger partial charge in [-0.1, -0.05) is 10.0 Å². The highest BCUT2D eigenvalue weighted by Crippen LogP contribution is 2.34. The van der Waals surface area contributed by atoms with Crippen molar-refractivity contribution in [1.82, 2.24) is 0 Å². The standard InChI is InChI=1S/C15H12N8O12/c24-18(25)10-2-4-12(14(8-10)20(28)29)16(22(32)33)6-1-7-17(23(34)35)13-5-3-11(19(26)27)9-15(13)21(30)31/h2-5,8-9H,1,6-7H2. The summed E-state index contributed by atoms with van der Waals surface area (Å²) in [6, 6.07) is 4.15. The summed E-state index contributed by atoms with van der Waals surface area (Å²) in [5.74, 6) is 0. The zero-order chi connectivity index (χ0) is 26.4. The third-order valence-electron chi connectivity index (χ3n) is 4.42. The van der Waals surface area contributed by atoms with Crippen molar-refractivity contribution in [2.45, 2.75) is 6.42 Å². The molecule has 0 aliphatic carbocycles. The largest absolute Gasteiger partial charge is 0.305 e. The van der Waals surface area contributed by atoms with Crippen LogP contribution in [0.3, 0.4) is 0 Å². The summed E-state index contributed by atoms with van der Waals surface area (Å²) >= 11 is 0. The minimum Gasteiger partial charge on any atom is -0.258 e. The Kier molecular flexibility index (Phi) is 7.61. The molecule has 20 nitrogen and oxygen atoms in total. The van der Waals surface area contributed by atoms with Gasteiger partial charge >= 0.3 is 11.4 Å². The average molecular weight is 496 g/mol. The lowest BCUT2D eigenvalue weighted by Crippen LogP contribution is -2.36. The minimum atomic E-state index is -1.08. The van der Waals surface area contributed by atoms with Crippen molar-refractivity contribution in [3.63, 3.8) is 0 Å².